The lowest BCUT2D eigenvalue weighted by Crippen LogP contribution is -2.45. The molecule has 1 amide bonds. The summed E-state index contributed by atoms with van der Waals surface area (Å²) in [4.78, 5) is 13.2. The van der Waals surface area contributed by atoms with E-state index in [1.807, 2.05) is 60.7 Å². The number of sulfonamides is 1. The van der Waals surface area contributed by atoms with Crippen molar-refractivity contribution in [2.75, 3.05) is 11.9 Å². The van der Waals surface area contributed by atoms with Crippen molar-refractivity contribution in [3.63, 3.8) is 0 Å². The minimum Gasteiger partial charge on any atom is -0.492 e. The minimum absolute atomic E-state index is 0.0678. The van der Waals surface area contributed by atoms with Crippen molar-refractivity contribution in [3.8, 4) is 11.5 Å². The molecule has 2 N–H and O–H groups in total. The van der Waals surface area contributed by atoms with E-state index in [1.54, 1.807) is 31.2 Å². The first-order valence-electron chi connectivity index (χ1n) is 12.4. The van der Waals surface area contributed by atoms with E-state index in [0.717, 1.165) is 11.1 Å². The Morgan fingerprint density at radius 1 is 0.846 bits per heavy atom. The first-order valence-corrected chi connectivity index (χ1v) is 14.3. The number of carbonyl (C=O) groups excluding carboxylic acids is 1. The third kappa shape index (κ3) is 8.07. The van der Waals surface area contributed by atoms with Gasteiger partial charge >= 0.3 is 0 Å². The van der Waals surface area contributed by atoms with Crippen LogP contribution in [0.1, 0.15) is 18.1 Å². The minimum atomic E-state index is -4.08. The summed E-state index contributed by atoms with van der Waals surface area (Å²) in [5.41, 5.74) is 2.35. The van der Waals surface area contributed by atoms with Crippen LogP contribution in [0.2, 0.25) is 5.02 Å². The molecule has 4 rings (SSSR count). The van der Waals surface area contributed by atoms with Gasteiger partial charge in [0.05, 0.1) is 16.5 Å². The molecule has 0 bridgehead atoms. The van der Waals surface area contributed by atoms with Crippen LogP contribution in [0, 0.1) is 0 Å². The summed E-state index contributed by atoms with van der Waals surface area (Å²) >= 11 is 6.21. The van der Waals surface area contributed by atoms with E-state index in [9.17, 15) is 13.2 Å². The van der Waals surface area contributed by atoms with Gasteiger partial charge in [0.1, 0.15) is 24.1 Å². The molecule has 0 aromatic heterocycles. The summed E-state index contributed by atoms with van der Waals surface area (Å²) in [5, 5.41) is 2.97. The number of benzene rings is 4. The fourth-order valence-corrected chi connectivity index (χ4v) is 5.34. The average molecular weight is 565 g/mol. The van der Waals surface area contributed by atoms with Crippen LogP contribution in [0.3, 0.4) is 0 Å². The van der Waals surface area contributed by atoms with Gasteiger partial charge in [-0.05, 0) is 66.9 Å². The van der Waals surface area contributed by atoms with E-state index >= 15 is 0 Å². The van der Waals surface area contributed by atoms with Gasteiger partial charge in [-0.2, -0.15) is 4.72 Å². The second-order valence-corrected chi connectivity index (χ2v) is 10.8. The molecule has 0 aliphatic heterocycles. The number of rotatable bonds is 12. The first kappa shape index (κ1) is 28.2. The lowest BCUT2D eigenvalue weighted by atomic mass is 10.1. The van der Waals surface area contributed by atoms with E-state index in [-0.39, 0.29) is 16.3 Å². The Morgan fingerprint density at radius 3 is 2.10 bits per heavy atom. The Balaban J connectivity index is 1.48. The zero-order chi connectivity index (χ0) is 27.7. The Bertz CT molecular complexity index is 1480. The molecule has 0 spiro atoms. The second-order valence-electron chi connectivity index (χ2n) is 8.68. The monoisotopic (exact) mass is 564 g/mol. The van der Waals surface area contributed by atoms with Crippen LogP contribution in [0.4, 0.5) is 5.69 Å². The first-order chi connectivity index (χ1) is 18.8. The highest BCUT2D eigenvalue weighted by atomic mass is 35.5. The molecule has 0 radical (unpaired) electrons. The summed E-state index contributed by atoms with van der Waals surface area (Å²) in [6.45, 7) is 2.62. The zero-order valence-electron chi connectivity index (χ0n) is 21.3. The Morgan fingerprint density at radius 2 is 1.49 bits per heavy atom. The molecule has 0 heterocycles. The van der Waals surface area contributed by atoms with Crippen molar-refractivity contribution >= 4 is 33.2 Å². The molecule has 39 heavy (non-hydrogen) atoms. The molecule has 4 aromatic carbocycles. The third-order valence-corrected chi connectivity index (χ3v) is 7.54. The third-order valence-electron chi connectivity index (χ3n) is 5.78. The van der Waals surface area contributed by atoms with Gasteiger partial charge in [0.25, 0.3) is 0 Å². The van der Waals surface area contributed by atoms with E-state index < -0.39 is 22.0 Å². The van der Waals surface area contributed by atoms with Crippen LogP contribution in [0.15, 0.2) is 108 Å². The van der Waals surface area contributed by atoms with Crippen molar-refractivity contribution in [1.29, 1.82) is 0 Å². The second kappa shape index (κ2) is 13.3. The van der Waals surface area contributed by atoms with Crippen molar-refractivity contribution < 1.29 is 22.7 Å². The standard InChI is InChI=1S/C30H29ClN2O5S/c1-2-37-29-18-17-26(20-27(29)31)39(35,36)33-28(19-22-9-5-3-6-10-22)30(34)32-24-13-15-25(16-14-24)38-21-23-11-7-4-8-12-23/h3-18,20,28,33H,2,19,21H2,1H3,(H,32,34). The highest BCUT2D eigenvalue weighted by molar-refractivity contribution is 7.89. The molecule has 9 heteroatoms. The Kier molecular flexibility index (Phi) is 9.59. The van der Waals surface area contributed by atoms with E-state index in [4.69, 9.17) is 21.1 Å². The maximum Gasteiger partial charge on any atom is 0.242 e. The smallest absolute Gasteiger partial charge is 0.242 e. The number of nitrogens with one attached hydrogen (secondary N) is 2. The molecule has 7 nitrogen and oxygen atoms in total. The number of halogens is 1. The number of anilines is 1. The van der Waals surface area contributed by atoms with Gasteiger partial charge in [0, 0.05) is 5.69 Å². The van der Waals surface area contributed by atoms with Crippen molar-refractivity contribution in [3.05, 3.63) is 119 Å². The highest BCUT2D eigenvalue weighted by Gasteiger charge is 2.27. The SMILES string of the molecule is CCOc1ccc(S(=O)(=O)NC(Cc2ccccc2)C(=O)Nc2ccc(OCc3ccccc3)cc2)cc1Cl. The molecular weight excluding hydrogens is 536 g/mol. The number of amides is 1. The lowest BCUT2D eigenvalue weighted by Gasteiger charge is -2.19. The molecule has 0 saturated carbocycles. The molecule has 202 valence electrons. The molecule has 0 aliphatic carbocycles. The summed E-state index contributed by atoms with van der Waals surface area (Å²) in [7, 11) is -4.08. The molecule has 0 aliphatic rings. The predicted molar refractivity (Wildman–Crippen MR) is 153 cm³/mol. The van der Waals surface area contributed by atoms with Crippen LogP contribution in [0.5, 0.6) is 11.5 Å². The van der Waals surface area contributed by atoms with Gasteiger partial charge in [-0.15, -0.1) is 0 Å². The predicted octanol–water partition coefficient (Wildman–Crippen LogP) is 5.85. The fourth-order valence-electron chi connectivity index (χ4n) is 3.82. The van der Waals surface area contributed by atoms with Crippen molar-refractivity contribution in [2.45, 2.75) is 30.9 Å². The van der Waals surface area contributed by atoms with Gasteiger partial charge in [0.2, 0.25) is 15.9 Å². The summed E-state index contributed by atoms with van der Waals surface area (Å²) in [6, 6.07) is 29.0. The number of hydrogen-bond acceptors (Lipinski definition) is 5. The molecule has 4 aromatic rings. The largest absolute Gasteiger partial charge is 0.492 e. The van der Waals surface area contributed by atoms with Crippen LogP contribution >= 0.6 is 11.6 Å². The Labute approximate surface area is 233 Å². The fraction of sp³-hybridized carbons (Fsp3) is 0.167. The van der Waals surface area contributed by atoms with Gasteiger partial charge in [-0.25, -0.2) is 8.42 Å². The molecule has 1 atom stereocenters. The number of hydrogen-bond donors (Lipinski definition) is 2. The molecular formula is C30H29ClN2O5S. The Hall–Kier alpha value is -3.85. The highest BCUT2D eigenvalue weighted by Crippen LogP contribution is 2.27. The topological polar surface area (TPSA) is 93.7 Å². The number of ether oxygens (including phenoxy) is 2. The zero-order valence-corrected chi connectivity index (χ0v) is 22.9. The normalized spacial score (nSPS) is 11.9. The van der Waals surface area contributed by atoms with E-state index in [0.29, 0.717) is 30.4 Å². The van der Waals surface area contributed by atoms with Gasteiger partial charge in [-0.1, -0.05) is 72.3 Å². The van der Waals surface area contributed by atoms with Gasteiger partial charge < -0.3 is 14.8 Å². The summed E-state index contributed by atoms with van der Waals surface area (Å²) < 4.78 is 40.2. The van der Waals surface area contributed by atoms with E-state index in [2.05, 4.69) is 10.0 Å². The van der Waals surface area contributed by atoms with Crippen LogP contribution in [0.25, 0.3) is 0 Å². The van der Waals surface area contributed by atoms with Gasteiger partial charge in [0.15, 0.2) is 0 Å². The molecule has 0 fully saturated rings. The molecule has 0 saturated heterocycles. The summed E-state index contributed by atoms with van der Waals surface area (Å²) in [5.74, 6) is 0.524. The van der Waals surface area contributed by atoms with Crippen LogP contribution in [-0.4, -0.2) is 27.0 Å². The van der Waals surface area contributed by atoms with Crippen LogP contribution in [-0.2, 0) is 27.8 Å². The average Bonchev–Trinajstić information content (AvgIpc) is 2.94. The van der Waals surface area contributed by atoms with E-state index in [1.165, 1.54) is 18.2 Å². The van der Waals surface area contributed by atoms with Crippen molar-refractivity contribution in [1.82, 2.24) is 4.72 Å². The molecule has 1 unspecified atom stereocenters. The quantitative estimate of drug-likeness (QED) is 0.225. The van der Waals surface area contributed by atoms with Crippen LogP contribution < -0.4 is 19.5 Å². The maximum atomic E-state index is 13.3. The maximum absolute atomic E-state index is 13.3. The summed E-state index contributed by atoms with van der Waals surface area (Å²) in [6.07, 6.45) is 0.148. The van der Waals surface area contributed by atoms with Gasteiger partial charge in [-0.3, -0.25) is 4.79 Å². The number of carbonyl (C=O) groups is 1. The van der Waals surface area contributed by atoms with Crippen molar-refractivity contribution in [2.24, 2.45) is 0 Å². The lowest BCUT2D eigenvalue weighted by molar-refractivity contribution is -0.117.